The molecule has 0 radical (unpaired) electrons. The quantitative estimate of drug-likeness (QED) is 0.832. The van der Waals surface area contributed by atoms with Crippen LogP contribution in [0.2, 0.25) is 0 Å². The lowest BCUT2D eigenvalue weighted by atomic mass is 10.1. The van der Waals surface area contributed by atoms with E-state index in [0.29, 0.717) is 6.42 Å². The summed E-state index contributed by atoms with van der Waals surface area (Å²) in [6, 6.07) is 5.65. The molecule has 0 aliphatic rings. The molecule has 0 atom stereocenters. The first-order valence-corrected chi connectivity index (χ1v) is 4.73. The predicted octanol–water partition coefficient (Wildman–Crippen LogP) is 1.54. The Hall–Kier alpha value is -2.17. The molecular formula is C11H10FN3O. The van der Waals surface area contributed by atoms with Gasteiger partial charge in [-0.05, 0) is 23.3 Å². The van der Waals surface area contributed by atoms with Gasteiger partial charge in [-0.1, -0.05) is 12.1 Å². The molecule has 0 fully saturated rings. The van der Waals surface area contributed by atoms with Crippen molar-refractivity contribution < 1.29 is 9.18 Å². The molecule has 0 unspecified atom stereocenters. The maximum Gasteiger partial charge on any atom is 0.339 e. The summed E-state index contributed by atoms with van der Waals surface area (Å²) in [6.07, 6.45) is 3.59. The Morgan fingerprint density at radius 1 is 1.44 bits per heavy atom. The van der Waals surface area contributed by atoms with Gasteiger partial charge in [0.1, 0.15) is 5.82 Å². The normalized spacial score (nSPS) is 10.3. The molecule has 1 heterocycles. The zero-order chi connectivity index (χ0) is 11.5. The second kappa shape index (κ2) is 4.14. The second-order valence-corrected chi connectivity index (χ2v) is 3.44. The first-order chi connectivity index (χ1) is 7.65. The number of amides is 1. The highest BCUT2D eigenvalue weighted by Crippen LogP contribution is 2.09. The largest absolute Gasteiger partial charge is 0.350 e. The zero-order valence-electron chi connectivity index (χ0n) is 8.43. The highest BCUT2D eigenvalue weighted by atomic mass is 19.1. The van der Waals surface area contributed by atoms with Gasteiger partial charge in [0.05, 0.1) is 6.20 Å². The molecule has 1 aromatic heterocycles. The molecule has 82 valence electrons. The summed E-state index contributed by atoms with van der Waals surface area (Å²) in [7, 11) is 0. The van der Waals surface area contributed by atoms with Crippen molar-refractivity contribution in [1.82, 2.24) is 9.78 Å². The van der Waals surface area contributed by atoms with Gasteiger partial charge in [-0.25, -0.2) is 9.18 Å². The van der Waals surface area contributed by atoms with Crippen molar-refractivity contribution in [1.29, 1.82) is 0 Å². The van der Waals surface area contributed by atoms with Crippen LogP contribution in [0.15, 0.2) is 36.7 Å². The summed E-state index contributed by atoms with van der Waals surface area (Å²) in [5, 5.41) is 3.78. The predicted molar refractivity (Wildman–Crippen MR) is 56.4 cm³/mol. The average Bonchev–Trinajstić information content (AvgIpc) is 2.66. The smallest absolute Gasteiger partial charge is 0.339 e. The number of nitrogens with two attached hydrogens (primary N) is 1. The van der Waals surface area contributed by atoms with Gasteiger partial charge < -0.3 is 5.73 Å². The van der Waals surface area contributed by atoms with Crippen molar-refractivity contribution in [3.8, 4) is 0 Å². The summed E-state index contributed by atoms with van der Waals surface area (Å²) >= 11 is 0. The van der Waals surface area contributed by atoms with Crippen LogP contribution >= 0.6 is 0 Å². The van der Waals surface area contributed by atoms with Crippen LogP contribution in [-0.2, 0) is 6.42 Å². The summed E-state index contributed by atoms with van der Waals surface area (Å²) in [5.41, 5.74) is 6.68. The molecule has 2 N–H and O–H groups in total. The summed E-state index contributed by atoms with van der Waals surface area (Å²) in [6.45, 7) is 0. The fourth-order valence-electron chi connectivity index (χ4n) is 1.45. The average molecular weight is 219 g/mol. The van der Waals surface area contributed by atoms with Gasteiger partial charge in [-0.15, -0.1) is 0 Å². The molecule has 16 heavy (non-hydrogen) atoms. The first kappa shape index (κ1) is 10.4. The number of hydrogen-bond donors (Lipinski definition) is 1. The van der Waals surface area contributed by atoms with Crippen molar-refractivity contribution in [3.05, 3.63) is 53.6 Å². The highest BCUT2D eigenvalue weighted by Gasteiger charge is 2.03. The molecule has 0 aliphatic carbocycles. The molecule has 4 nitrogen and oxygen atoms in total. The number of carbonyl (C=O) groups is 1. The zero-order valence-corrected chi connectivity index (χ0v) is 8.43. The van der Waals surface area contributed by atoms with Crippen molar-refractivity contribution in [3.63, 3.8) is 0 Å². The van der Waals surface area contributed by atoms with E-state index in [1.54, 1.807) is 6.07 Å². The van der Waals surface area contributed by atoms with Crippen molar-refractivity contribution in [2.24, 2.45) is 5.73 Å². The minimum atomic E-state index is -0.634. The fourth-order valence-corrected chi connectivity index (χ4v) is 1.45. The molecule has 5 heteroatoms. The Morgan fingerprint density at radius 3 is 2.88 bits per heavy atom. The van der Waals surface area contributed by atoms with Gasteiger partial charge >= 0.3 is 6.03 Å². The van der Waals surface area contributed by atoms with Crippen LogP contribution in [0.1, 0.15) is 11.1 Å². The van der Waals surface area contributed by atoms with E-state index in [0.717, 1.165) is 15.8 Å². The minimum Gasteiger partial charge on any atom is -0.350 e. The van der Waals surface area contributed by atoms with Gasteiger partial charge in [0.15, 0.2) is 0 Å². The maximum atomic E-state index is 12.9. The number of carbonyl (C=O) groups excluding carboxylic acids is 1. The monoisotopic (exact) mass is 219 g/mol. The fraction of sp³-hybridized carbons (Fsp3) is 0.0909. The van der Waals surface area contributed by atoms with Crippen molar-refractivity contribution in [2.75, 3.05) is 0 Å². The SMILES string of the molecule is NC(=O)n1cc(Cc2cccc(F)c2)cn1. The molecule has 0 bridgehead atoms. The molecule has 1 aromatic carbocycles. The number of hydrogen-bond acceptors (Lipinski definition) is 2. The van der Waals surface area contributed by atoms with E-state index in [9.17, 15) is 9.18 Å². The first-order valence-electron chi connectivity index (χ1n) is 4.73. The maximum absolute atomic E-state index is 12.9. The van der Waals surface area contributed by atoms with Crippen LogP contribution in [-0.4, -0.2) is 15.8 Å². The van der Waals surface area contributed by atoms with Gasteiger partial charge in [-0.2, -0.15) is 9.78 Å². The molecule has 0 saturated heterocycles. The van der Waals surface area contributed by atoms with Gasteiger partial charge in [0, 0.05) is 12.6 Å². The van der Waals surface area contributed by atoms with Crippen LogP contribution in [0.4, 0.5) is 9.18 Å². The van der Waals surface area contributed by atoms with E-state index in [1.165, 1.54) is 24.5 Å². The van der Waals surface area contributed by atoms with Crippen LogP contribution < -0.4 is 5.73 Å². The second-order valence-electron chi connectivity index (χ2n) is 3.44. The summed E-state index contributed by atoms with van der Waals surface area (Å²) in [5.74, 6) is -0.278. The lowest BCUT2D eigenvalue weighted by Gasteiger charge is -1.98. The van der Waals surface area contributed by atoms with Crippen LogP contribution in [0.25, 0.3) is 0 Å². The van der Waals surface area contributed by atoms with E-state index < -0.39 is 6.03 Å². The van der Waals surface area contributed by atoms with Crippen molar-refractivity contribution in [2.45, 2.75) is 6.42 Å². The Morgan fingerprint density at radius 2 is 2.25 bits per heavy atom. The lowest BCUT2D eigenvalue weighted by Crippen LogP contribution is -2.19. The summed E-state index contributed by atoms with van der Waals surface area (Å²) < 4.78 is 14.0. The van der Waals surface area contributed by atoms with Crippen LogP contribution in [0.3, 0.4) is 0 Å². The Balaban J connectivity index is 2.17. The lowest BCUT2D eigenvalue weighted by molar-refractivity contribution is 0.247. The van der Waals surface area contributed by atoms with Gasteiger partial charge in [0.2, 0.25) is 0 Å². The number of aromatic nitrogens is 2. The molecule has 0 spiro atoms. The molecular weight excluding hydrogens is 209 g/mol. The molecule has 2 aromatic rings. The number of nitrogens with zero attached hydrogens (tertiary/aromatic N) is 2. The Labute approximate surface area is 91.5 Å². The molecule has 1 amide bonds. The van der Waals surface area contributed by atoms with Gasteiger partial charge in [0.25, 0.3) is 0 Å². The Bertz CT molecular complexity index is 521. The standard InChI is InChI=1S/C11H10FN3O/c12-10-3-1-2-8(5-10)4-9-6-14-15(7-9)11(13)16/h1-3,5-7H,4H2,(H2,13,16). The van der Waals surface area contributed by atoms with E-state index in [2.05, 4.69) is 5.10 Å². The number of rotatable bonds is 2. The van der Waals surface area contributed by atoms with E-state index in [1.807, 2.05) is 6.07 Å². The van der Waals surface area contributed by atoms with E-state index in [-0.39, 0.29) is 5.82 Å². The molecule has 0 saturated carbocycles. The molecule has 0 aliphatic heterocycles. The third kappa shape index (κ3) is 2.25. The van der Waals surface area contributed by atoms with E-state index >= 15 is 0 Å². The molecule has 2 rings (SSSR count). The third-order valence-electron chi connectivity index (χ3n) is 2.16. The number of halogens is 1. The number of benzene rings is 1. The Kier molecular flexibility index (Phi) is 2.68. The van der Waals surface area contributed by atoms with Crippen LogP contribution in [0, 0.1) is 5.82 Å². The topological polar surface area (TPSA) is 60.9 Å². The third-order valence-corrected chi connectivity index (χ3v) is 2.16. The van der Waals surface area contributed by atoms with Crippen molar-refractivity contribution >= 4 is 6.03 Å². The highest BCUT2D eigenvalue weighted by molar-refractivity contribution is 5.73. The van der Waals surface area contributed by atoms with Gasteiger partial charge in [-0.3, -0.25) is 0 Å². The van der Waals surface area contributed by atoms with Crippen LogP contribution in [0.5, 0.6) is 0 Å². The number of primary amides is 1. The minimum absolute atomic E-state index is 0.278. The van der Waals surface area contributed by atoms with E-state index in [4.69, 9.17) is 5.73 Å². The summed E-state index contributed by atoms with van der Waals surface area (Å²) in [4.78, 5) is 10.8.